The predicted molar refractivity (Wildman–Crippen MR) is 82.4 cm³/mol. The van der Waals surface area contributed by atoms with Gasteiger partial charge in [-0.15, -0.1) is 0 Å². The van der Waals surface area contributed by atoms with Crippen molar-refractivity contribution in [3.63, 3.8) is 0 Å². The van der Waals surface area contributed by atoms with Crippen molar-refractivity contribution in [3.05, 3.63) is 71.3 Å². The Balaban J connectivity index is 1.87. The Kier molecular flexibility index (Phi) is 5.17. The molecule has 0 aliphatic carbocycles. The Bertz CT molecular complexity index is 473. The summed E-state index contributed by atoms with van der Waals surface area (Å²) < 4.78 is 0. The second-order valence-electron chi connectivity index (χ2n) is 5.13. The normalized spacial score (nSPS) is 12.3. The van der Waals surface area contributed by atoms with E-state index in [4.69, 9.17) is 0 Å². The molecule has 1 heteroatoms. The quantitative estimate of drug-likeness (QED) is 0.810. The highest BCUT2D eigenvalue weighted by atomic mass is 14.9. The summed E-state index contributed by atoms with van der Waals surface area (Å²) in [5, 5.41) is 3.42. The van der Waals surface area contributed by atoms with Crippen molar-refractivity contribution in [2.45, 2.75) is 32.2 Å². The summed E-state index contributed by atoms with van der Waals surface area (Å²) in [5.41, 5.74) is 4.14. The van der Waals surface area contributed by atoms with Gasteiger partial charge in [0.25, 0.3) is 0 Å². The number of hydrogen-bond acceptors (Lipinski definition) is 1. The van der Waals surface area contributed by atoms with Gasteiger partial charge in [0.2, 0.25) is 0 Å². The summed E-state index contributed by atoms with van der Waals surface area (Å²) in [5.74, 6) is 0. The van der Waals surface area contributed by atoms with Crippen LogP contribution in [-0.2, 0) is 6.42 Å². The molecule has 0 aliphatic heterocycles. The van der Waals surface area contributed by atoms with Crippen LogP contribution in [0.4, 0.5) is 0 Å². The fraction of sp³-hybridized carbons (Fsp3) is 0.333. The fourth-order valence-corrected chi connectivity index (χ4v) is 2.43. The third-order valence-corrected chi connectivity index (χ3v) is 3.63. The van der Waals surface area contributed by atoms with Crippen LogP contribution in [0.15, 0.2) is 54.6 Å². The molecule has 0 saturated heterocycles. The highest BCUT2D eigenvalue weighted by Gasteiger charge is 2.08. The van der Waals surface area contributed by atoms with Crippen molar-refractivity contribution in [3.8, 4) is 0 Å². The SMILES string of the molecule is CNC(CCCc1ccccc1)c1ccc(C)cc1. The third kappa shape index (κ3) is 4.22. The standard InChI is InChI=1S/C18H23N/c1-15-11-13-17(14-12-15)18(19-2)10-6-9-16-7-4-3-5-8-16/h3-5,7-8,11-14,18-19H,6,9-10H2,1-2H3. The van der Waals surface area contributed by atoms with E-state index in [1.54, 1.807) is 0 Å². The Hall–Kier alpha value is -1.60. The molecule has 2 aromatic carbocycles. The molecule has 0 saturated carbocycles. The van der Waals surface area contributed by atoms with Crippen LogP contribution in [0.25, 0.3) is 0 Å². The summed E-state index contributed by atoms with van der Waals surface area (Å²) in [6.45, 7) is 2.13. The highest BCUT2D eigenvalue weighted by molar-refractivity contribution is 5.24. The van der Waals surface area contributed by atoms with Crippen LogP contribution < -0.4 is 5.32 Å². The molecule has 0 heterocycles. The first-order valence-corrected chi connectivity index (χ1v) is 7.07. The predicted octanol–water partition coefficient (Wildman–Crippen LogP) is 4.28. The van der Waals surface area contributed by atoms with E-state index in [0.29, 0.717) is 6.04 Å². The van der Waals surface area contributed by atoms with Gasteiger partial charge in [0.15, 0.2) is 0 Å². The van der Waals surface area contributed by atoms with Crippen LogP contribution in [0.5, 0.6) is 0 Å². The van der Waals surface area contributed by atoms with Gasteiger partial charge >= 0.3 is 0 Å². The first-order valence-electron chi connectivity index (χ1n) is 7.07. The zero-order valence-electron chi connectivity index (χ0n) is 11.9. The average Bonchev–Trinajstić information content (AvgIpc) is 2.46. The van der Waals surface area contributed by atoms with Crippen molar-refractivity contribution in [1.29, 1.82) is 0 Å². The maximum absolute atomic E-state index is 3.42. The summed E-state index contributed by atoms with van der Waals surface area (Å²) in [4.78, 5) is 0. The van der Waals surface area contributed by atoms with Gasteiger partial charge in [-0.2, -0.15) is 0 Å². The van der Waals surface area contributed by atoms with Crippen molar-refractivity contribution in [1.82, 2.24) is 5.32 Å². The van der Waals surface area contributed by atoms with Gasteiger partial charge in [-0.25, -0.2) is 0 Å². The van der Waals surface area contributed by atoms with E-state index in [1.807, 2.05) is 7.05 Å². The Morgan fingerprint density at radius 3 is 2.26 bits per heavy atom. The first kappa shape index (κ1) is 13.8. The van der Waals surface area contributed by atoms with E-state index in [1.165, 1.54) is 29.5 Å². The van der Waals surface area contributed by atoms with Gasteiger partial charge in [0, 0.05) is 6.04 Å². The van der Waals surface area contributed by atoms with Crippen LogP contribution >= 0.6 is 0 Å². The molecule has 0 amide bonds. The zero-order chi connectivity index (χ0) is 13.5. The van der Waals surface area contributed by atoms with E-state index in [0.717, 1.165) is 6.42 Å². The second kappa shape index (κ2) is 7.10. The maximum atomic E-state index is 3.42. The lowest BCUT2D eigenvalue weighted by Gasteiger charge is -2.16. The van der Waals surface area contributed by atoms with Crippen molar-refractivity contribution >= 4 is 0 Å². The van der Waals surface area contributed by atoms with Crippen LogP contribution in [0.3, 0.4) is 0 Å². The van der Waals surface area contributed by atoms with Crippen molar-refractivity contribution < 1.29 is 0 Å². The molecular formula is C18H23N. The molecule has 1 N–H and O–H groups in total. The van der Waals surface area contributed by atoms with E-state index in [9.17, 15) is 0 Å². The number of hydrogen-bond donors (Lipinski definition) is 1. The Morgan fingerprint density at radius 2 is 1.63 bits per heavy atom. The van der Waals surface area contributed by atoms with Crippen LogP contribution in [-0.4, -0.2) is 7.05 Å². The second-order valence-corrected chi connectivity index (χ2v) is 5.13. The van der Waals surface area contributed by atoms with Gasteiger partial charge in [-0.3, -0.25) is 0 Å². The van der Waals surface area contributed by atoms with Gasteiger partial charge < -0.3 is 5.32 Å². The minimum atomic E-state index is 0.462. The van der Waals surface area contributed by atoms with Crippen molar-refractivity contribution in [2.75, 3.05) is 7.05 Å². The monoisotopic (exact) mass is 253 g/mol. The average molecular weight is 253 g/mol. The molecule has 0 fully saturated rings. The van der Waals surface area contributed by atoms with Gasteiger partial charge in [-0.1, -0.05) is 60.2 Å². The molecule has 1 unspecified atom stereocenters. The lowest BCUT2D eigenvalue weighted by atomic mass is 9.98. The summed E-state index contributed by atoms with van der Waals surface area (Å²) >= 11 is 0. The molecule has 19 heavy (non-hydrogen) atoms. The molecule has 2 rings (SSSR count). The lowest BCUT2D eigenvalue weighted by Crippen LogP contribution is -2.16. The lowest BCUT2D eigenvalue weighted by molar-refractivity contribution is 0.527. The fourth-order valence-electron chi connectivity index (χ4n) is 2.43. The molecule has 1 nitrogen and oxygen atoms in total. The molecule has 0 aliphatic rings. The molecule has 0 spiro atoms. The topological polar surface area (TPSA) is 12.0 Å². The smallest absolute Gasteiger partial charge is 0.0317 e. The molecule has 0 bridgehead atoms. The molecule has 0 aromatic heterocycles. The Labute approximate surface area is 116 Å². The van der Waals surface area contributed by atoms with E-state index >= 15 is 0 Å². The Morgan fingerprint density at radius 1 is 0.947 bits per heavy atom. The van der Waals surface area contributed by atoms with Gasteiger partial charge in [0.1, 0.15) is 0 Å². The number of nitrogens with one attached hydrogen (secondary N) is 1. The van der Waals surface area contributed by atoms with Gasteiger partial charge in [-0.05, 0) is 44.4 Å². The maximum Gasteiger partial charge on any atom is 0.0317 e. The van der Waals surface area contributed by atoms with E-state index < -0.39 is 0 Å². The molecule has 100 valence electrons. The number of rotatable bonds is 6. The van der Waals surface area contributed by atoms with Crippen LogP contribution in [0.2, 0.25) is 0 Å². The van der Waals surface area contributed by atoms with E-state index in [-0.39, 0.29) is 0 Å². The van der Waals surface area contributed by atoms with Crippen molar-refractivity contribution in [2.24, 2.45) is 0 Å². The summed E-state index contributed by atoms with van der Waals surface area (Å²) in [6.07, 6.45) is 3.54. The number of benzene rings is 2. The summed E-state index contributed by atoms with van der Waals surface area (Å²) in [7, 11) is 2.05. The largest absolute Gasteiger partial charge is 0.313 e. The van der Waals surface area contributed by atoms with Crippen LogP contribution in [0.1, 0.15) is 35.6 Å². The first-order chi connectivity index (χ1) is 9.29. The van der Waals surface area contributed by atoms with Crippen LogP contribution in [0, 0.1) is 6.92 Å². The highest BCUT2D eigenvalue weighted by Crippen LogP contribution is 2.19. The molecule has 1 atom stereocenters. The minimum absolute atomic E-state index is 0.462. The van der Waals surface area contributed by atoms with E-state index in [2.05, 4.69) is 66.8 Å². The third-order valence-electron chi connectivity index (χ3n) is 3.63. The molecular weight excluding hydrogens is 230 g/mol. The summed E-state index contributed by atoms with van der Waals surface area (Å²) in [6, 6.07) is 20.0. The molecule has 2 aromatic rings. The number of aryl methyl sites for hydroxylation is 2. The zero-order valence-corrected chi connectivity index (χ0v) is 11.9. The van der Waals surface area contributed by atoms with Gasteiger partial charge in [0.05, 0.1) is 0 Å². The molecule has 0 radical (unpaired) electrons. The minimum Gasteiger partial charge on any atom is -0.313 e.